The minimum atomic E-state index is -1.12. The molecule has 110 valence electrons. The minimum absolute atomic E-state index is 0.0555. The van der Waals surface area contributed by atoms with Gasteiger partial charge in [-0.2, -0.15) is 0 Å². The average Bonchev–Trinajstić information content (AvgIpc) is 3.17. The van der Waals surface area contributed by atoms with Crippen molar-refractivity contribution in [3.63, 3.8) is 0 Å². The van der Waals surface area contributed by atoms with Crippen molar-refractivity contribution in [2.24, 2.45) is 11.8 Å². The Balaban J connectivity index is 2.29. The van der Waals surface area contributed by atoms with E-state index in [0.29, 0.717) is 12.5 Å². The van der Waals surface area contributed by atoms with Gasteiger partial charge in [-0.1, -0.05) is 13.8 Å². The molecule has 2 N–H and O–H groups in total. The van der Waals surface area contributed by atoms with Gasteiger partial charge in [-0.3, -0.25) is 4.79 Å². The topological polar surface area (TPSA) is 84.2 Å². The number of nitrogens with one attached hydrogen (secondary N) is 1. The standard InChI is InChI=1S/C14H21N3O3/c1-9(2)8-17-7-6-15-11(12(17)18)16-14(3,13(19)20)10-4-5-10/h6-7,9-10H,4-5,8H2,1-3H3,(H,15,16)(H,19,20). The number of carboxylic acid groups (broad SMARTS) is 1. The van der Waals surface area contributed by atoms with Gasteiger partial charge in [0.2, 0.25) is 0 Å². The van der Waals surface area contributed by atoms with Crippen LogP contribution in [-0.4, -0.2) is 26.2 Å². The Morgan fingerprint density at radius 2 is 2.25 bits per heavy atom. The molecule has 1 saturated carbocycles. The van der Waals surface area contributed by atoms with Gasteiger partial charge in [0.15, 0.2) is 5.82 Å². The Bertz CT molecular complexity index is 563. The highest BCUT2D eigenvalue weighted by Crippen LogP contribution is 2.41. The maximum Gasteiger partial charge on any atom is 0.329 e. The number of hydrogen-bond acceptors (Lipinski definition) is 4. The summed E-state index contributed by atoms with van der Waals surface area (Å²) in [5.41, 5.74) is -1.39. The third-order valence-electron chi connectivity index (χ3n) is 3.69. The molecule has 2 rings (SSSR count). The first kappa shape index (κ1) is 14.6. The van der Waals surface area contributed by atoms with Crippen LogP contribution in [0.15, 0.2) is 17.2 Å². The third kappa shape index (κ3) is 2.84. The van der Waals surface area contributed by atoms with E-state index in [0.717, 1.165) is 12.8 Å². The molecule has 1 unspecified atom stereocenters. The van der Waals surface area contributed by atoms with Gasteiger partial charge in [-0.05, 0) is 31.6 Å². The first-order chi connectivity index (χ1) is 9.34. The number of carboxylic acids is 1. The lowest BCUT2D eigenvalue weighted by atomic mass is 9.96. The van der Waals surface area contributed by atoms with Gasteiger partial charge in [0.1, 0.15) is 5.54 Å². The van der Waals surface area contributed by atoms with Crippen molar-refractivity contribution in [2.45, 2.75) is 45.7 Å². The smallest absolute Gasteiger partial charge is 0.329 e. The van der Waals surface area contributed by atoms with Crippen molar-refractivity contribution < 1.29 is 9.90 Å². The molecule has 0 bridgehead atoms. The Morgan fingerprint density at radius 3 is 2.75 bits per heavy atom. The first-order valence-corrected chi connectivity index (χ1v) is 6.91. The maximum atomic E-state index is 12.3. The van der Waals surface area contributed by atoms with E-state index >= 15 is 0 Å². The summed E-state index contributed by atoms with van der Waals surface area (Å²) in [6, 6.07) is 0. The summed E-state index contributed by atoms with van der Waals surface area (Å²) in [6.07, 6.45) is 4.88. The first-order valence-electron chi connectivity index (χ1n) is 6.91. The summed E-state index contributed by atoms with van der Waals surface area (Å²) in [5, 5.41) is 12.3. The number of nitrogens with zero attached hydrogens (tertiary/aromatic N) is 2. The second-order valence-corrected chi connectivity index (χ2v) is 6.03. The molecular formula is C14H21N3O3. The summed E-state index contributed by atoms with van der Waals surface area (Å²) < 4.78 is 1.56. The molecule has 20 heavy (non-hydrogen) atoms. The van der Waals surface area contributed by atoms with E-state index in [2.05, 4.69) is 10.3 Å². The van der Waals surface area contributed by atoms with Crippen LogP contribution < -0.4 is 10.9 Å². The quantitative estimate of drug-likeness (QED) is 0.825. The number of aromatic nitrogens is 2. The molecule has 0 aliphatic heterocycles. The monoisotopic (exact) mass is 279 g/mol. The Hall–Kier alpha value is -1.85. The summed E-state index contributed by atoms with van der Waals surface area (Å²) in [6.45, 7) is 6.24. The predicted octanol–water partition coefficient (Wildman–Crippen LogP) is 1.56. The Kier molecular flexibility index (Phi) is 3.83. The lowest BCUT2D eigenvalue weighted by Crippen LogP contribution is -2.47. The lowest BCUT2D eigenvalue weighted by Gasteiger charge is -2.26. The zero-order valence-electron chi connectivity index (χ0n) is 12.1. The van der Waals surface area contributed by atoms with Gasteiger partial charge in [-0.15, -0.1) is 0 Å². The van der Waals surface area contributed by atoms with Gasteiger partial charge in [0.05, 0.1) is 0 Å². The van der Waals surface area contributed by atoms with Crippen LogP contribution in [0.25, 0.3) is 0 Å². The molecule has 6 heteroatoms. The molecule has 6 nitrogen and oxygen atoms in total. The van der Waals surface area contributed by atoms with Crippen LogP contribution in [0.5, 0.6) is 0 Å². The SMILES string of the molecule is CC(C)Cn1ccnc(NC(C)(C(=O)O)C2CC2)c1=O. The number of hydrogen-bond donors (Lipinski definition) is 2. The van der Waals surface area contributed by atoms with Gasteiger partial charge in [0, 0.05) is 18.9 Å². The minimum Gasteiger partial charge on any atom is -0.480 e. The fourth-order valence-corrected chi connectivity index (χ4v) is 2.31. The predicted molar refractivity (Wildman–Crippen MR) is 75.7 cm³/mol. The zero-order chi connectivity index (χ0) is 14.9. The third-order valence-corrected chi connectivity index (χ3v) is 3.69. The van der Waals surface area contributed by atoms with Gasteiger partial charge < -0.3 is 15.0 Å². The number of rotatable bonds is 6. The number of carbonyl (C=O) groups is 1. The molecule has 1 aliphatic rings. The van der Waals surface area contributed by atoms with E-state index in [1.54, 1.807) is 17.7 Å². The van der Waals surface area contributed by atoms with Crippen LogP contribution in [0.2, 0.25) is 0 Å². The van der Waals surface area contributed by atoms with Crippen molar-refractivity contribution in [1.82, 2.24) is 9.55 Å². The van der Waals surface area contributed by atoms with Gasteiger partial charge >= 0.3 is 5.97 Å². The summed E-state index contributed by atoms with van der Waals surface area (Å²) >= 11 is 0. The summed E-state index contributed by atoms with van der Waals surface area (Å²) in [5.74, 6) is -0.442. The van der Waals surface area contributed by atoms with Crippen LogP contribution in [-0.2, 0) is 11.3 Å². The van der Waals surface area contributed by atoms with Crippen LogP contribution in [0.1, 0.15) is 33.6 Å². The molecule has 1 aliphatic carbocycles. The largest absolute Gasteiger partial charge is 0.480 e. The van der Waals surface area contributed by atoms with Crippen molar-refractivity contribution >= 4 is 11.8 Å². The Morgan fingerprint density at radius 1 is 1.60 bits per heavy atom. The van der Waals surface area contributed by atoms with Gasteiger partial charge in [0.25, 0.3) is 5.56 Å². The maximum absolute atomic E-state index is 12.3. The summed E-state index contributed by atoms with van der Waals surface area (Å²) in [7, 11) is 0. The molecule has 0 amide bonds. The van der Waals surface area contributed by atoms with E-state index in [-0.39, 0.29) is 17.3 Å². The second-order valence-electron chi connectivity index (χ2n) is 6.03. The molecule has 1 atom stereocenters. The molecule has 1 aromatic rings. The van der Waals surface area contributed by atoms with Crippen molar-refractivity contribution in [3.8, 4) is 0 Å². The highest BCUT2D eigenvalue weighted by molar-refractivity contribution is 5.82. The van der Waals surface area contributed by atoms with Gasteiger partial charge in [-0.25, -0.2) is 9.78 Å². The number of aliphatic carboxylic acids is 1. The number of anilines is 1. The molecule has 0 saturated heterocycles. The van der Waals surface area contributed by atoms with Crippen molar-refractivity contribution in [3.05, 3.63) is 22.7 Å². The van der Waals surface area contributed by atoms with E-state index in [1.165, 1.54) is 6.20 Å². The van der Waals surface area contributed by atoms with E-state index in [4.69, 9.17) is 0 Å². The highest BCUT2D eigenvalue weighted by atomic mass is 16.4. The van der Waals surface area contributed by atoms with Crippen LogP contribution >= 0.6 is 0 Å². The second kappa shape index (κ2) is 5.26. The Labute approximate surface area is 117 Å². The van der Waals surface area contributed by atoms with E-state index in [9.17, 15) is 14.7 Å². The molecule has 1 aromatic heterocycles. The van der Waals surface area contributed by atoms with Crippen LogP contribution in [0, 0.1) is 11.8 Å². The molecular weight excluding hydrogens is 258 g/mol. The summed E-state index contributed by atoms with van der Waals surface area (Å²) in [4.78, 5) is 27.8. The van der Waals surface area contributed by atoms with E-state index in [1.807, 2.05) is 13.8 Å². The fraction of sp³-hybridized carbons (Fsp3) is 0.643. The van der Waals surface area contributed by atoms with Crippen molar-refractivity contribution in [1.29, 1.82) is 0 Å². The lowest BCUT2D eigenvalue weighted by molar-refractivity contribution is -0.142. The van der Waals surface area contributed by atoms with Crippen LogP contribution in [0.4, 0.5) is 5.82 Å². The van der Waals surface area contributed by atoms with E-state index < -0.39 is 11.5 Å². The molecule has 0 spiro atoms. The highest BCUT2D eigenvalue weighted by Gasteiger charge is 2.48. The zero-order valence-corrected chi connectivity index (χ0v) is 12.1. The molecule has 0 radical (unpaired) electrons. The fourth-order valence-electron chi connectivity index (χ4n) is 2.31. The molecule has 1 fully saturated rings. The van der Waals surface area contributed by atoms with Crippen LogP contribution in [0.3, 0.4) is 0 Å². The molecule has 1 heterocycles. The average molecular weight is 279 g/mol. The van der Waals surface area contributed by atoms with Crippen molar-refractivity contribution in [2.75, 3.05) is 5.32 Å². The normalized spacial score (nSPS) is 17.8. The molecule has 0 aromatic carbocycles.